The summed E-state index contributed by atoms with van der Waals surface area (Å²) in [6.45, 7) is 3.67. The molecule has 0 bridgehead atoms. The first-order valence-electron chi connectivity index (χ1n) is 6.76. The summed E-state index contributed by atoms with van der Waals surface area (Å²) in [5.74, 6) is 12.3. The molecule has 0 atom stereocenters. The highest BCUT2D eigenvalue weighted by molar-refractivity contribution is 14.1. The van der Waals surface area contributed by atoms with Gasteiger partial charge in [0.15, 0.2) is 0 Å². The summed E-state index contributed by atoms with van der Waals surface area (Å²) in [5.41, 5.74) is 3.57. The van der Waals surface area contributed by atoms with Gasteiger partial charge >= 0.3 is 0 Å². The smallest absolute Gasteiger partial charge is 0.254 e. The van der Waals surface area contributed by atoms with E-state index in [2.05, 4.69) is 32.7 Å². The van der Waals surface area contributed by atoms with E-state index in [0.717, 1.165) is 31.3 Å². The Kier molecular flexibility index (Phi) is 3.96. The van der Waals surface area contributed by atoms with E-state index in [-0.39, 0.29) is 5.95 Å². The lowest BCUT2D eigenvalue weighted by Gasteiger charge is -2.14. The summed E-state index contributed by atoms with van der Waals surface area (Å²) in [7, 11) is -3.69. The van der Waals surface area contributed by atoms with Crippen LogP contribution in [0.15, 0.2) is 16.7 Å². The lowest BCUT2D eigenvalue weighted by molar-refractivity contribution is 0.393. The number of hydrazine groups is 1. The third-order valence-electron chi connectivity index (χ3n) is 3.61. The van der Waals surface area contributed by atoms with Crippen molar-refractivity contribution in [2.45, 2.75) is 13.8 Å². The van der Waals surface area contributed by atoms with E-state index in [0.29, 0.717) is 21.2 Å². The number of aromatic nitrogens is 3. The monoisotopic (exact) mass is 462 g/mol. The van der Waals surface area contributed by atoms with Gasteiger partial charge in [0.2, 0.25) is 10.0 Å². The van der Waals surface area contributed by atoms with Crippen LogP contribution in [0.2, 0.25) is 0 Å². The Morgan fingerprint density at radius 2 is 2.00 bits per heavy atom. The average molecular weight is 462 g/mol. The number of nitrogens with two attached hydrogens (primary N) is 2. The van der Waals surface area contributed by atoms with Crippen LogP contribution in [-0.2, 0) is 10.0 Å². The number of nitrogen functional groups attached to an aromatic ring is 1. The third-order valence-corrected chi connectivity index (χ3v) is 5.31. The van der Waals surface area contributed by atoms with Crippen molar-refractivity contribution in [3.63, 3.8) is 0 Å². The molecule has 0 aliphatic heterocycles. The van der Waals surface area contributed by atoms with Gasteiger partial charge < -0.3 is 10.4 Å². The number of benzene rings is 1. The minimum absolute atomic E-state index is 0.0682. The minimum Gasteiger partial charge on any atom is -0.361 e. The fourth-order valence-corrected chi connectivity index (χ4v) is 3.64. The van der Waals surface area contributed by atoms with E-state index in [9.17, 15) is 8.42 Å². The van der Waals surface area contributed by atoms with Crippen molar-refractivity contribution >= 4 is 49.6 Å². The molecule has 0 radical (unpaired) electrons. The lowest BCUT2D eigenvalue weighted by atomic mass is 10.0. The van der Waals surface area contributed by atoms with Gasteiger partial charge in [0, 0.05) is 9.13 Å². The second-order valence-corrected chi connectivity index (χ2v) is 8.39. The van der Waals surface area contributed by atoms with Gasteiger partial charge in [0.05, 0.1) is 17.5 Å². The lowest BCUT2D eigenvalue weighted by Crippen LogP contribution is -2.39. The highest BCUT2D eigenvalue weighted by Gasteiger charge is 2.23. The van der Waals surface area contributed by atoms with Crippen LogP contribution in [0.25, 0.3) is 22.2 Å². The molecule has 0 amide bonds. The Morgan fingerprint density at radius 3 is 2.54 bits per heavy atom. The van der Waals surface area contributed by atoms with Crippen LogP contribution in [0, 0.1) is 17.4 Å². The molecule has 2 heterocycles. The Hall–Kier alpha value is -1.86. The molecule has 0 saturated heterocycles. The number of aryl methyl sites for hydroxylation is 2. The molecule has 0 fully saturated rings. The largest absolute Gasteiger partial charge is 0.361 e. The summed E-state index contributed by atoms with van der Waals surface area (Å²) in [6.07, 6.45) is 0.979. The molecule has 9 nitrogen and oxygen atoms in total. The van der Waals surface area contributed by atoms with Gasteiger partial charge in [0.1, 0.15) is 11.3 Å². The number of imidazole rings is 1. The van der Waals surface area contributed by atoms with Crippen LogP contribution in [-0.4, -0.2) is 29.5 Å². The van der Waals surface area contributed by atoms with Crippen LogP contribution in [0.4, 0.5) is 5.95 Å². The van der Waals surface area contributed by atoms with Crippen molar-refractivity contribution < 1.29 is 12.9 Å². The van der Waals surface area contributed by atoms with Crippen molar-refractivity contribution in [1.29, 1.82) is 0 Å². The summed E-state index contributed by atoms with van der Waals surface area (Å²) in [6, 6.07) is 3.71. The Morgan fingerprint density at radius 1 is 1.33 bits per heavy atom. The highest BCUT2D eigenvalue weighted by Crippen LogP contribution is 2.33. The zero-order valence-electron chi connectivity index (χ0n) is 13.1. The van der Waals surface area contributed by atoms with Gasteiger partial charge in [-0.1, -0.05) is 5.16 Å². The van der Waals surface area contributed by atoms with Crippen molar-refractivity contribution in [3.05, 3.63) is 27.2 Å². The quantitative estimate of drug-likeness (QED) is 0.340. The van der Waals surface area contributed by atoms with Crippen LogP contribution in [0.3, 0.4) is 0 Å². The fraction of sp³-hybridized carbons (Fsp3) is 0.231. The minimum atomic E-state index is -3.69. The van der Waals surface area contributed by atoms with E-state index in [1.807, 2.05) is 19.9 Å². The maximum Gasteiger partial charge on any atom is 0.254 e. The number of nitrogens with zero attached hydrogens (tertiary/aromatic N) is 4. The van der Waals surface area contributed by atoms with Gasteiger partial charge in [-0.3, -0.25) is 0 Å². The molecule has 11 heteroatoms. The molecule has 0 unspecified atom stereocenters. The molecule has 4 N–H and O–H groups in total. The van der Waals surface area contributed by atoms with Crippen molar-refractivity contribution in [2.24, 2.45) is 5.84 Å². The molecule has 0 aliphatic rings. The first kappa shape index (κ1) is 17.0. The molecule has 0 spiro atoms. The Labute approximate surface area is 151 Å². The number of sulfonamides is 1. The van der Waals surface area contributed by atoms with Gasteiger partial charge in [-0.05, 0) is 54.1 Å². The van der Waals surface area contributed by atoms with E-state index in [1.54, 1.807) is 6.07 Å². The van der Waals surface area contributed by atoms with Gasteiger partial charge in [-0.25, -0.2) is 23.9 Å². The molecule has 2 aromatic heterocycles. The molecule has 128 valence electrons. The Bertz CT molecular complexity index is 1040. The number of anilines is 1. The molecule has 3 rings (SSSR count). The van der Waals surface area contributed by atoms with Gasteiger partial charge in [0.25, 0.3) is 5.95 Å². The predicted molar refractivity (Wildman–Crippen MR) is 99.1 cm³/mol. The average Bonchev–Trinajstić information content (AvgIpc) is 2.98. The SMILES string of the molecule is Cc1noc(C)c1-c1cc(I)c2nc(N(N)S(C)(=O)=O)n(N)c2c1. The molecule has 0 aliphatic carbocycles. The number of hydrogen-bond acceptors (Lipinski definition) is 7. The molecular weight excluding hydrogens is 447 g/mol. The van der Waals surface area contributed by atoms with Crippen LogP contribution >= 0.6 is 22.6 Å². The summed E-state index contributed by atoms with van der Waals surface area (Å²) in [5, 5.41) is 3.95. The van der Waals surface area contributed by atoms with Gasteiger partial charge in [-0.15, -0.1) is 0 Å². The number of rotatable bonds is 3. The maximum absolute atomic E-state index is 11.7. The standard InChI is InChI=1S/C13H15IN6O3S/c1-6-11(7(2)23-18-6)8-4-9(14)12-10(5-8)19(15)13(17-12)20(16)24(3,21)22/h4-5H,15-16H2,1-3H3. The van der Waals surface area contributed by atoms with Crippen LogP contribution in [0.1, 0.15) is 11.5 Å². The van der Waals surface area contributed by atoms with E-state index in [4.69, 9.17) is 16.2 Å². The second kappa shape index (κ2) is 5.60. The molecule has 24 heavy (non-hydrogen) atoms. The van der Waals surface area contributed by atoms with E-state index in [1.165, 1.54) is 0 Å². The topological polar surface area (TPSA) is 133 Å². The molecule has 3 aromatic rings. The van der Waals surface area contributed by atoms with Crippen molar-refractivity contribution in [2.75, 3.05) is 16.5 Å². The van der Waals surface area contributed by atoms with Crippen LogP contribution < -0.4 is 16.1 Å². The first-order chi connectivity index (χ1) is 11.1. The molecule has 1 aromatic carbocycles. The summed E-state index contributed by atoms with van der Waals surface area (Å²) >= 11 is 2.12. The van der Waals surface area contributed by atoms with Crippen molar-refractivity contribution in [3.8, 4) is 11.1 Å². The van der Waals surface area contributed by atoms with Crippen molar-refractivity contribution in [1.82, 2.24) is 14.8 Å². The van der Waals surface area contributed by atoms with E-state index >= 15 is 0 Å². The maximum atomic E-state index is 11.7. The highest BCUT2D eigenvalue weighted by atomic mass is 127. The fourth-order valence-electron chi connectivity index (χ4n) is 2.48. The summed E-state index contributed by atoms with van der Waals surface area (Å²) in [4.78, 5) is 4.26. The third kappa shape index (κ3) is 2.61. The second-order valence-electron chi connectivity index (χ2n) is 5.37. The summed E-state index contributed by atoms with van der Waals surface area (Å²) < 4.78 is 31.0. The van der Waals surface area contributed by atoms with Gasteiger partial charge in [-0.2, -0.15) is 4.41 Å². The zero-order chi connectivity index (χ0) is 17.8. The number of halogens is 1. The zero-order valence-corrected chi connectivity index (χ0v) is 16.1. The van der Waals surface area contributed by atoms with E-state index < -0.39 is 10.0 Å². The first-order valence-corrected chi connectivity index (χ1v) is 9.69. The predicted octanol–water partition coefficient (Wildman–Crippen LogP) is 1.27. The van der Waals surface area contributed by atoms with Crippen LogP contribution in [0.5, 0.6) is 0 Å². The molecular formula is C13H15IN6O3S. The Balaban J connectivity index is 2.28. The number of hydrogen-bond donors (Lipinski definition) is 2. The molecule has 0 saturated carbocycles. The normalized spacial score (nSPS) is 12.0. The number of fused-ring (bicyclic) bond motifs is 1.